The molecule has 0 aliphatic carbocycles. The van der Waals surface area contributed by atoms with Crippen molar-refractivity contribution in [3.8, 4) is 5.75 Å². The van der Waals surface area contributed by atoms with Crippen LogP contribution in [0.5, 0.6) is 5.75 Å². The molecule has 1 fully saturated rings. The summed E-state index contributed by atoms with van der Waals surface area (Å²) in [7, 11) is 0. The number of rotatable bonds is 9. The van der Waals surface area contributed by atoms with Gasteiger partial charge in [-0.3, -0.25) is 10.1 Å². The number of unbranched alkanes of at least 4 members (excludes halogenated alkanes) is 1. The second kappa shape index (κ2) is 10.7. The van der Waals surface area contributed by atoms with Crippen molar-refractivity contribution in [2.24, 2.45) is 0 Å². The fourth-order valence-corrected chi connectivity index (χ4v) is 3.18. The molecule has 1 aromatic rings. The van der Waals surface area contributed by atoms with Gasteiger partial charge in [-0.05, 0) is 37.8 Å². The number of benzene rings is 1. The van der Waals surface area contributed by atoms with Gasteiger partial charge in [-0.15, -0.1) is 0 Å². The summed E-state index contributed by atoms with van der Waals surface area (Å²) in [5.41, 5.74) is 1.50. The van der Waals surface area contributed by atoms with Gasteiger partial charge in [0.05, 0.1) is 30.5 Å². The van der Waals surface area contributed by atoms with E-state index in [2.05, 4.69) is 18.8 Å². The Hall–Kier alpha value is -2.54. The van der Waals surface area contributed by atoms with Crippen molar-refractivity contribution >= 4 is 17.7 Å². The van der Waals surface area contributed by atoms with E-state index in [-0.39, 0.29) is 25.2 Å². The zero-order chi connectivity index (χ0) is 20.5. The smallest absolute Gasteiger partial charge is 0.411 e. The van der Waals surface area contributed by atoms with E-state index in [9.17, 15) is 14.7 Å². The highest BCUT2D eigenvalue weighted by Gasteiger charge is 2.31. The number of aliphatic hydroxyl groups excluding tert-OH is 1. The predicted molar refractivity (Wildman–Crippen MR) is 108 cm³/mol. The third-order valence-corrected chi connectivity index (χ3v) is 4.72. The van der Waals surface area contributed by atoms with Crippen molar-refractivity contribution in [2.45, 2.75) is 45.6 Å². The van der Waals surface area contributed by atoms with Gasteiger partial charge in [0.1, 0.15) is 12.4 Å². The molecule has 2 N–H and O–H groups in total. The first kappa shape index (κ1) is 21.8. The second-order valence-electron chi connectivity index (χ2n) is 6.85. The third kappa shape index (κ3) is 5.48. The minimum Gasteiger partial charge on any atom is -0.493 e. The minimum atomic E-state index is -0.669. The molecule has 2 amide bonds. The monoisotopic (exact) mass is 390 g/mol. The van der Waals surface area contributed by atoms with E-state index in [1.54, 1.807) is 17.0 Å². The van der Waals surface area contributed by atoms with Gasteiger partial charge in [0.15, 0.2) is 0 Å². The van der Waals surface area contributed by atoms with Gasteiger partial charge >= 0.3 is 6.09 Å². The summed E-state index contributed by atoms with van der Waals surface area (Å²) in [6, 6.07) is 3.19. The highest BCUT2D eigenvalue weighted by Crippen LogP contribution is 2.30. The lowest BCUT2D eigenvalue weighted by Gasteiger charge is -2.25. The van der Waals surface area contributed by atoms with Gasteiger partial charge in [0.2, 0.25) is 0 Å². The Labute approximate surface area is 166 Å². The lowest BCUT2D eigenvalue weighted by Crippen LogP contribution is -2.38. The molecule has 1 aliphatic heterocycles. The number of carbonyl (C=O) groups is 2. The van der Waals surface area contributed by atoms with E-state index < -0.39 is 6.09 Å². The largest absolute Gasteiger partial charge is 0.493 e. The Balaban J connectivity index is 2.32. The molecule has 1 heterocycles. The molecule has 0 bridgehead atoms. The number of anilines is 1. The Morgan fingerprint density at radius 2 is 2.21 bits per heavy atom. The van der Waals surface area contributed by atoms with E-state index in [0.717, 1.165) is 31.2 Å². The van der Waals surface area contributed by atoms with Gasteiger partial charge in [-0.1, -0.05) is 26.0 Å². The zero-order valence-corrected chi connectivity index (χ0v) is 16.7. The number of ether oxygens (including phenoxy) is 2. The average Bonchev–Trinajstić information content (AvgIpc) is 3.16. The first-order chi connectivity index (χ1) is 13.5. The number of hydrogen-bond donors (Lipinski definition) is 2. The van der Waals surface area contributed by atoms with Crippen LogP contribution < -0.4 is 10.1 Å². The summed E-state index contributed by atoms with van der Waals surface area (Å²) in [5.74, 6) is 0.392. The predicted octanol–water partition coefficient (Wildman–Crippen LogP) is 3.51. The van der Waals surface area contributed by atoms with E-state index in [1.165, 1.54) is 6.08 Å². The number of nitrogens with one attached hydrogen (secondary N) is 1. The van der Waals surface area contributed by atoms with Crippen LogP contribution in [-0.4, -0.2) is 54.4 Å². The SMILES string of the molecule is C=CCOC(=O)Nc1cc(OCCCC)c(C)cc1C(=O)N1CCC[C@H]1CO. The van der Waals surface area contributed by atoms with Crippen LogP contribution in [0.4, 0.5) is 10.5 Å². The van der Waals surface area contributed by atoms with Crippen molar-refractivity contribution < 1.29 is 24.2 Å². The summed E-state index contributed by atoms with van der Waals surface area (Å²) in [6.07, 6.45) is 4.33. The number of amides is 2. The van der Waals surface area contributed by atoms with Gasteiger partial charge in [0, 0.05) is 12.6 Å². The summed E-state index contributed by atoms with van der Waals surface area (Å²) in [4.78, 5) is 26.8. The number of hydrogen-bond acceptors (Lipinski definition) is 5. The van der Waals surface area contributed by atoms with Crippen LogP contribution in [0.2, 0.25) is 0 Å². The Morgan fingerprint density at radius 1 is 1.43 bits per heavy atom. The summed E-state index contributed by atoms with van der Waals surface area (Å²) >= 11 is 0. The number of likely N-dealkylation sites (tertiary alicyclic amines) is 1. The van der Waals surface area contributed by atoms with E-state index in [0.29, 0.717) is 30.2 Å². The highest BCUT2D eigenvalue weighted by atomic mass is 16.5. The van der Waals surface area contributed by atoms with E-state index in [4.69, 9.17) is 9.47 Å². The van der Waals surface area contributed by atoms with Crippen molar-refractivity contribution in [2.75, 3.05) is 31.7 Å². The molecule has 2 rings (SSSR count). The second-order valence-corrected chi connectivity index (χ2v) is 6.85. The van der Waals surface area contributed by atoms with Crippen LogP contribution in [0.25, 0.3) is 0 Å². The van der Waals surface area contributed by atoms with Crippen LogP contribution in [-0.2, 0) is 4.74 Å². The summed E-state index contributed by atoms with van der Waals surface area (Å²) in [6.45, 7) is 8.59. The number of nitrogens with zero attached hydrogens (tertiary/aromatic N) is 1. The van der Waals surface area contributed by atoms with Crippen molar-refractivity contribution in [3.63, 3.8) is 0 Å². The molecular weight excluding hydrogens is 360 g/mol. The van der Waals surface area contributed by atoms with Gasteiger partial charge in [0.25, 0.3) is 5.91 Å². The molecule has 28 heavy (non-hydrogen) atoms. The van der Waals surface area contributed by atoms with Crippen molar-refractivity contribution in [3.05, 3.63) is 35.9 Å². The number of aliphatic hydroxyl groups is 1. The van der Waals surface area contributed by atoms with Crippen LogP contribution in [0.1, 0.15) is 48.5 Å². The fraction of sp³-hybridized carbons (Fsp3) is 0.524. The molecule has 1 aromatic carbocycles. The molecule has 7 nitrogen and oxygen atoms in total. The van der Waals surface area contributed by atoms with E-state index >= 15 is 0 Å². The maximum Gasteiger partial charge on any atom is 0.411 e. The molecule has 0 spiro atoms. The van der Waals surface area contributed by atoms with Crippen LogP contribution >= 0.6 is 0 Å². The summed E-state index contributed by atoms with van der Waals surface area (Å²) in [5, 5.41) is 12.2. The molecule has 1 atom stereocenters. The molecule has 154 valence electrons. The number of aryl methyl sites for hydroxylation is 1. The lowest BCUT2D eigenvalue weighted by molar-refractivity contribution is 0.0678. The fourth-order valence-electron chi connectivity index (χ4n) is 3.18. The van der Waals surface area contributed by atoms with Crippen LogP contribution in [0.3, 0.4) is 0 Å². The first-order valence-corrected chi connectivity index (χ1v) is 9.75. The molecular formula is C21H30N2O5. The highest BCUT2D eigenvalue weighted by molar-refractivity contribution is 6.03. The summed E-state index contributed by atoms with van der Waals surface area (Å²) < 4.78 is 10.8. The molecule has 0 aromatic heterocycles. The zero-order valence-electron chi connectivity index (χ0n) is 16.7. The third-order valence-electron chi connectivity index (χ3n) is 4.72. The van der Waals surface area contributed by atoms with Crippen LogP contribution in [0, 0.1) is 6.92 Å². The maximum absolute atomic E-state index is 13.1. The topological polar surface area (TPSA) is 88.1 Å². The first-order valence-electron chi connectivity index (χ1n) is 9.75. The molecule has 0 saturated carbocycles. The van der Waals surface area contributed by atoms with Gasteiger partial charge in [-0.2, -0.15) is 0 Å². The lowest BCUT2D eigenvalue weighted by atomic mass is 10.1. The normalized spacial score (nSPS) is 16.0. The van der Waals surface area contributed by atoms with E-state index in [1.807, 2.05) is 6.92 Å². The van der Waals surface area contributed by atoms with Crippen LogP contribution in [0.15, 0.2) is 24.8 Å². The Kier molecular flexibility index (Phi) is 8.32. The van der Waals surface area contributed by atoms with Crippen molar-refractivity contribution in [1.29, 1.82) is 0 Å². The maximum atomic E-state index is 13.1. The van der Waals surface area contributed by atoms with Crippen molar-refractivity contribution in [1.82, 2.24) is 4.90 Å². The molecule has 1 saturated heterocycles. The molecule has 7 heteroatoms. The number of carbonyl (C=O) groups excluding carboxylic acids is 2. The molecule has 0 radical (unpaired) electrons. The standard InChI is InChI=1S/C21H30N2O5/c1-4-6-11-27-19-13-18(22-21(26)28-10-5-2)17(12-15(19)3)20(25)23-9-7-8-16(23)14-24/h5,12-13,16,24H,2,4,6-11,14H2,1,3H3,(H,22,26)/t16-/m0/s1. The minimum absolute atomic E-state index is 0.0690. The molecule has 0 unspecified atom stereocenters. The quantitative estimate of drug-likeness (QED) is 0.498. The molecule has 1 aliphatic rings. The Morgan fingerprint density at radius 3 is 2.89 bits per heavy atom. The average molecular weight is 390 g/mol. The van der Waals surface area contributed by atoms with Gasteiger partial charge in [-0.25, -0.2) is 4.79 Å². The Bertz CT molecular complexity index is 704. The van der Waals surface area contributed by atoms with Gasteiger partial charge < -0.3 is 19.5 Å².